The number of aryl methyl sites for hydroxylation is 1. The van der Waals surface area contributed by atoms with Crippen molar-refractivity contribution in [3.8, 4) is 5.69 Å². The Morgan fingerprint density at radius 2 is 1.90 bits per heavy atom. The third-order valence-corrected chi connectivity index (χ3v) is 6.51. The molecule has 0 unspecified atom stereocenters. The molecule has 2 aromatic carbocycles. The molecule has 1 fully saturated rings. The van der Waals surface area contributed by atoms with E-state index in [1.165, 1.54) is 29.2 Å². The number of halogens is 1. The van der Waals surface area contributed by atoms with Crippen LogP contribution in [0.3, 0.4) is 0 Å². The largest absolute Gasteiger partial charge is 0.322 e. The van der Waals surface area contributed by atoms with E-state index in [0.29, 0.717) is 12.0 Å². The van der Waals surface area contributed by atoms with Gasteiger partial charge in [0, 0.05) is 36.8 Å². The minimum absolute atomic E-state index is 0.186. The predicted molar refractivity (Wildman–Crippen MR) is 125 cm³/mol. The Morgan fingerprint density at radius 3 is 2.58 bits per heavy atom. The van der Waals surface area contributed by atoms with Crippen LogP contribution in [-0.2, 0) is 13.0 Å². The lowest BCUT2D eigenvalue weighted by molar-refractivity contribution is 0.102. The summed E-state index contributed by atoms with van der Waals surface area (Å²) in [5.74, 6) is 1.90. The second-order valence-electron chi connectivity index (χ2n) is 7.74. The average Bonchev–Trinajstić information content (AvgIpc) is 3.21. The first kappa shape index (κ1) is 21.6. The van der Waals surface area contributed by atoms with Crippen molar-refractivity contribution in [2.75, 3.05) is 29.9 Å². The molecule has 0 bridgehead atoms. The zero-order chi connectivity index (χ0) is 21.8. The van der Waals surface area contributed by atoms with Crippen LogP contribution in [0.1, 0.15) is 34.1 Å². The number of hydrogen-bond acceptors (Lipinski definition) is 4. The van der Waals surface area contributed by atoms with Crippen molar-refractivity contribution in [1.82, 2.24) is 14.7 Å². The fourth-order valence-electron chi connectivity index (χ4n) is 3.88. The van der Waals surface area contributed by atoms with Gasteiger partial charge in [-0.25, -0.2) is 9.07 Å². The Bertz CT molecular complexity index is 1060. The summed E-state index contributed by atoms with van der Waals surface area (Å²) in [5, 5.41) is 7.41. The summed E-state index contributed by atoms with van der Waals surface area (Å²) < 4.78 is 15.0. The molecule has 1 aliphatic rings. The molecule has 2 heterocycles. The van der Waals surface area contributed by atoms with Crippen LogP contribution in [-0.4, -0.2) is 45.2 Å². The Kier molecular flexibility index (Phi) is 6.73. The number of amides is 1. The number of anilines is 1. The maximum Gasteiger partial charge on any atom is 0.259 e. The number of rotatable bonds is 6. The summed E-state index contributed by atoms with van der Waals surface area (Å²) in [4.78, 5) is 15.5. The van der Waals surface area contributed by atoms with E-state index < -0.39 is 0 Å². The molecule has 7 heteroatoms. The van der Waals surface area contributed by atoms with E-state index in [4.69, 9.17) is 0 Å². The normalized spacial score (nSPS) is 14.5. The third kappa shape index (κ3) is 4.99. The monoisotopic (exact) mass is 438 g/mol. The second-order valence-corrected chi connectivity index (χ2v) is 8.96. The minimum Gasteiger partial charge on any atom is -0.322 e. The van der Waals surface area contributed by atoms with Crippen LogP contribution in [0.5, 0.6) is 0 Å². The molecule has 162 valence electrons. The smallest absolute Gasteiger partial charge is 0.259 e. The molecule has 1 aliphatic heterocycles. The van der Waals surface area contributed by atoms with Gasteiger partial charge in [-0.1, -0.05) is 19.1 Å². The molecule has 4 rings (SSSR count). The van der Waals surface area contributed by atoms with E-state index in [1.54, 1.807) is 23.0 Å². The highest BCUT2D eigenvalue weighted by Gasteiger charge is 2.18. The second kappa shape index (κ2) is 9.66. The molecular weight excluding hydrogens is 411 g/mol. The number of nitrogens with one attached hydrogen (secondary N) is 1. The molecule has 1 amide bonds. The first-order chi connectivity index (χ1) is 15.0. The van der Waals surface area contributed by atoms with Crippen molar-refractivity contribution in [2.45, 2.75) is 26.8 Å². The fraction of sp³-hybridized carbons (Fsp3) is 0.333. The number of nitrogens with zero attached hydrogens (tertiary/aromatic N) is 3. The van der Waals surface area contributed by atoms with Gasteiger partial charge in [-0.15, -0.1) is 0 Å². The number of aromatic nitrogens is 2. The van der Waals surface area contributed by atoms with Gasteiger partial charge >= 0.3 is 0 Å². The van der Waals surface area contributed by atoms with Crippen LogP contribution in [0.2, 0.25) is 0 Å². The molecule has 5 nitrogen and oxygen atoms in total. The topological polar surface area (TPSA) is 50.2 Å². The Labute approximate surface area is 186 Å². The van der Waals surface area contributed by atoms with Crippen LogP contribution in [0, 0.1) is 12.7 Å². The highest BCUT2D eigenvalue weighted by atomic mass is 32.2. The van der Waals surface area contributed by atoms with Crippen LogP contribution in [0.25, 0.3) is 5.69 Å². The van der Waals surface area contributed by atoms with E-state index in [-0.39, 0.29) is 11.7 Å². The highest BCUT2D eigenvalue weighted by Crippen LogP contribution is 2.22. The molecule has 1 saturated heterocycles. The van der Waals surface area contributed by atoms with Gasteiger partial charge in [0.15, 0.2) is 0 Å². The van der Waals surface area contributed by atoms with Crippen LogP contribution >= 0.6 is 11.8 Å². The van der Waals surface area contributed by atoms with Gasteiger partial charge in [0.05, 0.1) is 23.1 Å². The van der Waals surface area contributed by atoms with E-state index in [1.807, 2.05) is 31.7 Å². The lowest BCUT2D eigenvalue weighted by Gasteiger charge is -2.26. The van der Waals surface area contributed by atoms with Crippen LogP contribution < -0.4 is 5.32 Å². The van der Waals surface area contributed by atoms with E-state index in [2.05, 4.69) is 27.4 Å². The molecule has 0 aliphatic carbocycles. The van der Waals surface area contributed by atoms with Gasteiger partial charge in [-0.3, -0.25) is 9.69 Å². The number of thioether (sulfide) groups is 1. The van der Waals surface area contributed by atoms with Crippen LogP contribution in [0.4, 0.5) is 10.1 Å². The lowest BCUT2D eigenvalue weighted by atomic mass is 10.1. The Balaban J connectivity index is 1.49. The molecular formula is C24H27FN4OS. The van der Waals surface area contributed by atoms with Gasteiger partial charge in [0.25, 0.3) is 5.91 Å². The van der Waals surface area contributed by atoms with Crippen molar-refractivity contribution in [3.05, 3.63) is 76.9 Å². The average molecular weight is 439 g/mol. The van der Waals surface area contributed by atoms with Crippen LogP contribution in [0.15, 0.2) is 48.7 Å². The first-order valence-electron chi connectivity index (χ1n) is 10.6. The van der Waals surface area contributed by atoms with Gasteiger partial charge < -0.3 is 5.32 Å². The molecule has 3 aromatic rings. The SMILES string of the molecule is CCc1c(C(=O)Nc2ccc(CN3CCSCC3)cc2C)cnn1-c1ccc(F)cc1. The standard InChI is InChI=1S/C24H27FN4OS/c1-3-23-21(15-26-29(23)20-7-5-19(25)6-8-20)24(30)27-22-9-4-18(14-17(22)2)16-28-10-12-31-13-11-28/h4-9,14-15H,3,10-13,16H2,1-2H3,(H,27,30). The summed E-state index contributed by atoms with van der Waals surface area (Å²) in [6, 6.07) is 12.3. The maximum absolute atomic E-state index is 13.3. The number of hydrogen-bond donors (Lipinski definition) is 1. The lowest BCUT2D eigenvalue weighted by Crippen LogP contribution is -2.31. The molecule has 0 spiro atoms. The Hall–Kier alpha value is -2.64. The summed E-state index contributed by atoms with van der Waals surface area (Å²) in [6.07, 6.45) is 2.21. The molecule has 1 aromatic heterocycles. The molecule has 0 radical (unpaired) electrons. The van der Waals surface area contributed by atoms with Gasteiger partial charge in [0.2, 0.25) is 0 Å². The van der Waals surface area contributed by atoms with Crippen molar-refractivity contribution in [2.24, 2.45) is 0 Å². The van der Waals surface area contributed by atoms with Crippen molar-refractivity contribution in [3.63, 3.8) is 0 Å². The first-order valence-corrected chi connectivity index (χ1v) is 11.7. The van der Waals surface area contributed by atoms with E-state index in [0.717, 1.165) is 42.3 Å². The quantitative estimate of drug-likeness (QED) is 0.607. The third-order valence-electron chi connectivity index (χ3n) is 5.57. The Morgan fingerprint density at radius 1 is 1.16 bits per heavy atom. The summed E-state index contributed by atoms with van der Waals surface area (Å²) in [5.41, 5.74) is 5.16. The van der Waals surface area contributed by atoms with Gasteiger partial charge in [0.1, 0.15) is 5.82 Å². The fourth-order valence-corrected chi connectivity index (χ4v) is 4.86. The van der Waals surface area contributed by atoms with Crippen molar-refractivity contribution in [1.29, 1.82) is 0 Å². The zero-order valence-electron chi connectivity index (χ0n) is 17.9. The summed E-state index contributed by atoms with van der Waals surface area (Å²) in [6.45, 7) is 7.20. The molecule has 1 N–H and O–H groups in total. The summed E-state index contributed by atoms with van der Waals surface area (Å²) in [7, 11) is 0. The molecule has 0 atom stereocenters. The number of carbonyl (C=O) groups is 1. The highest BCUT2D eigenvalue weighted by molar-refractivity contribution is 7.99. The number of benzene rings is 2. The number of carbonyl (C=O) groups excluding carboxylic acids is 1. The maximum atomic E-state index is 13.3. The van der Waals surface area contributed by atoms with Crippen molar-refractivity contribution >= 4 is 23.4 Å². The van der Waals surface area contributed by atoms with Crippen molar-refractivity contribution < 1.29 is 9.18 Å². The van der Waals surface area contributed by atoms with E-state index >= 15 is 0 Å². The molecule has 0 saturated carbocycles. The van der Waals surface area contributed by atoms with Gasteiger partial charge in [-0.2, -0.15) is 16.9 Å². The zero-order valence-corrected chi connectivity index (χ0v) is 18.7. The minimum atomic E-state index is -0.301. The molecule has 31 heavy (non-hydrogen) atoms. The predicted octanol–water partition coefficient (Wildman–Crippen LogP) is 4.68. The van der Waals surface area contributed by atoms with E-state index in [9.17, 15) is 9.18 Å². The summed E-state index contributed by atoms with van der Waals surface area (Å²) >= 11 is 2.01. The van der Waals surface area contributed by atoms with Gasteiger partial charge in [-0.05, 0) is 54.8 Å².